The molecule has 0 saturated heterocycles. The number of hydrogen-bond donors (Lipinski definition) is 2. The molecule has 0 radical (unpaired) electrons. The van der Waals surface area contributed by atoms with Crippen LogP contribution in [0.4, 0.5) is 13.2 Å². The minimum absolute atomic E-state index is 0.110. The Kier molecular flexibility index (Phi) is 5.63. The number of amides is 2. The van der Waals surface area contributed by atoms with Crippen LogP contribution in [-0.2, 0) is 11.4 Å². The van der Waals surface area contributed by atoms with E-state index in [1.54, 1.807) is 6.07 Å². The predicted molar refractivity (Wildman–Crippen MR) is 83.2 cm³/mol. The maximum atomic E-state index is 14.0. The Morgan fingerprint density at radius 2 is 1.80 bits per heavy atom. The Morgan fingerprint density at radius 3 is 2.36 bits per heavy atom. The van der Waals surface area contributed by atoms with Crippen LogP contribution in [0.2, 0.25) is 0 Å². The highest BCUT2D eigenvalue weighted by molar-refractivity contribution is 5.97. The smallest absolute Gasteiger partial charge is 0.257 e. The van der Waals surface area contributed by atoms with E-state index in [9.17, 15) is 22.8 Å². The second-order valence-electron chi connectivity index (χ2n) is 5.28. The standard InChI is InChI=1S/C17H15F3N2O3/c1-9(16(21)23)22-17(24)15-13(19)6-12(7-14(15)20)25-8-10-3-2-4-11(18)5-10/h2-7,9H,8H2,1H3,(H2,21,23)(H,22,24). The van der Waals surface area contributed by atoms with Gasteiger partial charge in [-0.1, -0.05) is 12.1 Å². The molecule has 8 heteroatoms. The van der Waals surface area contributed by atoms with Gasteiger partial charge in [-0.15, -0.1) is 0 Å². The van der Waals surface area contributed by atoms with E-state index < -0.39 is 40.9 Å². The lowest BCUT2D eigenvalue weighted by Crippen LogP contribution is -2.42. The van der Waals surface area contributed by atoms with Gasteiger partial charge in [-0.2, -0.15) is 0 Å². The number of rotatable bonds is 6. The van der Waals surface area contributed by atoms with Crippen molar-refractivity contribution in [2.45, 2.75) is 19.6 Å². The van der Waals surface area contributed by atoms with Crippen LogP contribution in [0.15, 0.2) is 36.4 Å². The van der Waals surface area contributed by atoms with E-state index in [0.717, 1.165) is 12.1 Å². The van der Waals surface area contributed by atoms with Crippen LogP contribution in [-0.4, -0.2) is 17.9 Å². The Balaban J connectivity index is 2.13. The average molecular weight is 352 g/mol. The molecule has 132 valence electrons. The van der Waals surface area contributed by atoms with Crippen LogP contribution in [0, 0.1) is 17.5 Å². The van der Waals surface area contributed by atoms with Crippen molar-refractivity contribution >= 4 is 11.8 Å². The van der Waals surface area contributed by atoms with Gasteiger partial charge in [0.15, 0.2) is 0 Å². The number of halogens is 3. The molecule has 0 aromatic heterocycles. The van der Waals surface area contributed by atoms with Crippen molar-refractivity contribution in [1.82, 2.24) is 5.32 Å². The molecule has 0 saturated carbocycles. The molecule has 0 bridgehead atoms. The first kappa shape index (κ1) is 18.3. The minimum atomic E-state index is -1.16. The third-order valence-corrected chi connectivity index (χ3v) is 3.31. The van der Waals surface area contributed by atoms with Crippen LogP contribution in [0.25, 0.3) is 0 Å². The summed E-state index contributed by atoms with van der Waals surface area (Å²) in [7, 11) is 0. The molecule has 0 fully saturated rings. The molecule has 3 N–H and O–H groups in total. The summed E-state index contributed by atoms with van der Waals surface area (Å²) in [5.74, 6) is -4.91. The molecule has 2 aromatic carbocycles. The van der Waals surface area contributed by atoms with Crippen LogP contribution in [0.3, 0.4) is 0 Å². The van der Waals surface area contributed by atoms with Crippen LogP contribution < -0.4 is 15.8 Å². The largest absolute Gasteiger partial charge is 0.489 e. The molecule has 2 aromatic rings. The van der Waals surface area contributed by atoms with Crippen molar-refractivity contribution in [3.8, 4) is 5.75 Å². The zero-order valence-corrected chi connectivity index (χ0v) is 13.2. The van der Waals surface area contributed by atoms with Gasteiger partial charge >= 0.3 is 0 Å². The number of ether oxygens (including phenoxy) is 1. The highest BCUT2D eigenvalue weighted by atomic mass is 19.1. The van der Waals surface area contributed by atoms with Crippen molar-refractivity contribution in [1.29, 1.82) is 0 Å². The summed E-state index contributed by atoms with van der Waals surface area (Å²) in [6.07, 6.45) is 0. The van der Waals surface area contributed by atoms with Gasteiger partial charge in [0.05, 0.1) is 0 Å². The van der Waals surface area contributed by atoms with Crippen LogP contribution in [0.1, 0.15) is 22.8 Å². The first-order valence-corrected chi connectivity index (χ1v) is 7.24. The van der Waals surface area contributed by atoms with E-state index in [1.807, 2.05) is 0 Å². The zero-order valence-electron chi connectivity index (χ0n) is 13.2. The van der Waals surface area contributed by atoms with Gasteiger partial charge in [-0.3, -0.25) is 9.59 Å². The number of nitrogens with one attached hydrogen (secondary N) is 1. The molecular weight excluding hydrogens is 337 g/mol. The summed E-state index contributed by atoms with van der Waals surface area (Å²) in [6, 6.07) is 6.10. The lowest BCUT2D eigenvalue weighted by molar-refractivity contribution is -0.119. The van der Waals surface area contributed by atoms with E-state index in [0.29, 0.717) is 5.56 Å². The summed E-state index contributed by atoms with van der Waals surface area (Å²) >= 11 is 0. The summed E-state index contributed by atoms with van der Waals surface area (Å²) in [6.45, 7) is 1.17. The average Bonchev–Trinajstić information content (AvgIpc) is 2.52. The Hall–Kier alpha value is -3.03. The van der Waals surface area contributed by atoms with E-state index in [4.69, 9.17) is 10.5 Å². The molecule has 5 nitrogen and oxygen atoms in total. The highest BCUT2D eigenvalue weighted by Gasteiger charge is 2.22. The Labute approximate surface area is 141 Å². The molecule has 2 amide bonds. The molecule has 0 spiro atoms. The first-order valence-electron chi connectivity index (χ1n) is 7.24. The lowest BCUT2D eigenvalue weighted by atomic mass is 10.1. The normalized spacial score (nSPS) is 11.7. The number of carbonyl (C=O) groups excluding carboxylic acids is 2. The second kappa shape index (κ2) is 7.69. The molecule has 0 aliphatic carbocycles. The van der Waals surface area contributed by atoms with Crippen molar-refractivity contribution < 1.29 is 27.5 Å². The van der Waals surface area contributed by atoms with E-state index in [-0.39, 0.29) is 12.4 Å². The van der Waals surface area contributed by atoms with Gasteiger partial charge < -0.3 is 15.8 Å². The first-order chi connectivity index (χ1) is 11.8. The maximum Gasteiger partial charge on any atom is 0.257 e. The zero-order chi connectivity index (χ0) is 18.6. The van der Waals surface area contributed by atoms with Gasteiger partial charge in [0.1, 0.15) is 41.4 Å². The number of primary amides is 1. The van der Waals surface area contributed by atoms with Gasteiger partial charge in [0, 0.05) is 12.1 Å². The van der Waals surface area contributed by atoms with Gasteiger partial charge in [-0.25, -0.2) is 13.2 Å². The number of benzene rings is 2. The van der Waals surface area contributed by atoms with Gasteiger partial charge in [0.2, 0.25) is 5.91 Å². The molecule has 0 aliphatic rings. The van der Waals surface area contributed by atoms with Gasteiger partial charge in [-0.05, 0) is 24.6 Å². The van der Waals surface area contributed by atoms with Gasteiger partial charge in [0.25, 0.3) is 5.91 Å². The van der Waals surface area contributed by atoms with E-state index in [2.05, 4.69) is 5.32 Å². The lowest BCUT2D eigenvalue weighted by Gasteiger charge is -2.13. The quantitative estimate of drug-likeness (QED) is 0.837. The molecule has 1 unspecified atom stereocenters. The Bertz CT molecular complexity index is 788. The van der Waals surface area contributed by atoms with Crippen molar-refractivity contribution in [3.63, 3.8) is 0 Å². The van der Waals surface area contributed by atoms with E-state index >= 15 is 0 Å². The second-order valence-corrected chi connectivity index (χ2v) is 5.28. The topological polar surface area (TPSA) is 81.4 Å². The summed E-state index contributed by atoms with van der Waals surface area (Å²) in [5.41, 5.74) is 4.60. The molecule has 25 heavy (non-hydrogen) atoms. The number of carbonyl (C=O) groups is 2. The van der Waals surface area contributed by atoms with Crippen molar-refractivity contribution in [3.05, 3.63) is 65.0 Å². The fraction of sp³-hybridized carbons (Fsp3) is 0.176. The predicted octanol–water partition coefficient (Wildman–Crippen LogP) is 2.29. The molecule has 2 rings (SSSR count). The summed E-state index contributed by atoms with van der Waals surface area (Å²) in [5, 5.41) is 2.08. The fourth-order valence-corrected chi connectivity index (χ4v) is 1.98. The fourth-order valence-electron chi connectivity index (χ4n) is 1.98. The summed E-state index contributed by atoms with van der Waals surface area (Å²) in [4.78, 5) is 22.8. The SMILES string of the molecule is CC(NC(=O)c1c(F)cc(OCc2cccc(F)c2)cc1F)C(N)=O. The summed E-state index contributed by atoms with van der Waals surface area (Å²) < 4.78 is 46.4. The Morgan fingerprint density at radius 1 is 1.16 bits per heavy atom. The van der Waals surface area contributed by atoms with E-state index in [1.165, 1.54) is 25.1 Å². The maximum absolute atomic E-state index is 14.0. The van der Waals surface area contributed by atoms with Crippen molar-refractivity contribution in [2.75, 3.05) is 0 Å². The molecule has 1 atom stereocenters. The van der Waals surface area contributed by atoms with Crippen LogP contribution >= 0.6 is 0 Å². The monoisotopic (exact) mass is 352 g/mol. The third kappa shape index (κ3) is 4.72. The third-order valence-electron chi connectivity index (χ3n) is 3.31. The number of nitrogens with two attached hydrogens (primary N) is 1. The number of hydrogen-bond acceptors (Lipinski definition) is 3. The molecular formula is C17H15F3N2O3. The molecule has 0 aliphatic heterocycles. The van der Waals surface area contributed by atoms with Crippen LogP contribution in [0.5, 0.6) is 5.75 Å². The van der Waals surface area contributed by atoms with Crippen molar-refractivity contribution in [2.24, 2.45) is 5.73 Å². The highest BCUT2D eigenvalue weighted by Crippen LogP contribution is 2.22. The molecule has 0 heterocycles. The minimum Gasteiger partial charge on any atom is -0.489 e.